The summed E-state index contributed by atoms with van der Waals surface area (Å²) in [6.07, 6.45) is 0.644. The number of benzene rings is 3. The molecule has 2 aliphatic heterocycles. The molecule has 1 N–H and O–H groups in total. The Morgan fingerprint density at radius 2 is 1.67 bits per heavy atom. The Morgan fingerprint density at radius 3 is 2.39 bits per heavy atom. The summed E-state index contributed by atoms with van der Waals surface area (Å²) in [5.41, 5.74) is 5.12. The van der Waals surface area contributed by atoms with Crippen LogP contribution in [-0.2, 0) is 42.2 Å². The van der Waals surface area contributed by atoms with E-state index in [0.29, 0.717) is 52.5 Å². The van der Waals surface area contributed by atoms with Crippen molar-refractivity contribution in [1.82, 2.24) is 4.31 Å². The van der Waals surface area contributed by atoms with Gasteiger partial charge in [-0.15, -0.1) is 0 Å². The van der Waals surface area contributed by atoms with Gasteiger partial charge in [0.25, 0.3) is 0 Å². The third kappa shape index (κ3) is 9.82. The number of anilines is 1. The molecule has 1 saturated heterocycles. The number of rotatable bonds is 17. The molecule has 0 amide bonds. The van der Waals surface area contributed by atoms with E-state index >= 15 is 0 Å². The third-order valence-corrected chi connectivity index (χ3v) is 11.2. The Kier molecular flexibility index (Phi) is 13.5. The fraction of sp³-hybridized carbons (Fsp3) is 0.526. The molecule has 4 atom stereocenters. The minimum Gasteiger partial charge on any atom is -0.490 e. The number of ether oxygens (including phenoxy) is 5. The van der Waals surface area contributed by atoms with Gasteiger partial charge in [-0.3, -0.25) is 0 Å². The van der Waals surface area contributed by atoms with Crippen LogP contribution in [0, 0.1) is 6.92 Å². The van der Waals surface area contributed by atoms with Gasteiger partial charge in [0.05, 0.1) is 55.8 Å². The van der Waals surface area contributed by atoms with Crippen molar-refractivity contribution < 1.29 is 37.2 Å². The van der Waals surface area contributed by atoms with Gasteiger partial charge in [-0.2, -0.15) is 4.31 Å². The molecule has 2 heterocycles. The monoisotopic (exact) mass is 696 g/mol. The van der Waals surface area contributed by atoms with Crippen LogP contribution in [0.5, 0.6) is 5.75 Å². The Balaban J connectivity index is 1.42. The minimum absolute atomic E-state index is 0.0943. The van der Waals surface area contributed by atoms with Gasteiger partial charge in [-0.25, -0.2) is 8.42 Å². The van der Waals surface area contributed by atoms with Gasteiger partial charge in [0, 0.05) is 45.9 Å². The van der Waals surface area contributed by atoms with E-state index in [4.69, 9.17) is 23.7 Å². The van der Waals surface area contributed by atoms with Crippen LogP contribution >= 0.6 is 0 Å². The Hall–Kier alpha value is -3.03. The van der Waals surface area contributed by atoms with E-state index in [1.54, 1.807) is 37.6 Å². The molecule has 0 bridgehead atoms. The van der Waals surface area contributed by atoms with Crippen LogP contribution in [0.15, 0.2) is 71.6 Å². The fourth-order valence-corrected chi connectivity index (χ4v) is 8.38. The first-order valence-electron chi connectivity index (χ1n) is 17.2. The summed E-state index contributed by atoms with van der Waals surface area (Å²) < 4.78 is 58.7. The summed E-state index contributed by atoms with van der Waals surface area (Å²) in [4.78, 5) is 2.56. The fourth-order valence-electron chi connectivity index (χ4n) is 6.72. The highest BCUT2D eigenvalue weighted by Crippen LogP contribution is 2.39. The van der Waals surface area contributed by atoms with Crippen LogP contribution in [0.3, 0.4) is 0 Å². The van der Waals surface area contributed by atoms with Gasteiger partial charge >= 0.3 is 0 Å². The summed E-state index contributed by atoms with van der Waals surface area (Å²) in [6.45, 7) is 8.65. The summed E-state index contributed by atoms with van der Waals surface area (Å²) in [6, 6.07) is 21.0. The van der Waals surface area contributed by atoms with Gasteiger partial charge in [-0.05, 0) is 74.1 Å². The standard InChI is InChI=1S/C38H52N2O8S/c1-28-6-13-34(14-7-28)49(42,43)40-25-38(48-27-31-10-15-37-36(23-31)39(17-19-47-37)16-5-18-44-3)35(24-33(40)22-29(2)41)32-11-8-30(9-12-32)26-46-21-20-45-4/h6-15,23,29,33,35,38,41H,5,16-22,24-27H2,1-4H3/t29-,33?,35+,38-/m0/s1. The van der Waals surface area contributed by atoms with Crippen molar-refractivity contribution in [2.45, 2.75) is 75.4 Å². The highest BCUT2D eigenvalue weighted by Gasteiger charge is 2.43. The van der Waals surface area contributed by atoms with Gasteiger partial charge in [0.1, 0.15) is 12.4 Å². The lowest BCUT2D eigenvalue weighted by Gasteiger charge is -2.44. The van der Waals surface area contributed by atoms with Crippen molar-refractivity contribution in [2.75, 3.05) is 65.2 Å². The molecule has 0 saturated carbocycles. The molecule has 1 fully saturated rings. The number of piperidine rings is 1. The molecule has 5 rings (SSSR count). The van der Waals surface area contributed by atoms with Crippen LogP contribution < -0.4 is 9.64 Å². The predicted molar refractivity (Wildman–Crippen MR) is 190 cm³/mol. The lowest BCUT2D eigenvalue weighted by molar-refractivity contribution is -0.0254. The number of methoxy groups -OCH3 is 2. The first kappa shape index (κ1) is 37.2. The van der Waals surface area contributed by atoms with Crippen LogP contribution in [-0.4, -0.2) is 96.4 Å². The molecular formula is C38H52N2O8S. The van der Waals surface area contributed by atoms with Crippen molar-refractivity contribution in [1.29, 1.82) is 0 Å². The molecule has 3 aromatic rings. The second kappa shape index (κ2) is 17.8. The number of hydrogen-bond donors (Lipinski definition) is 1. The number of sulfonamides is 1. The molecule has 268 valence electrons. The van der Waals surface area contributed by atoms with Crippen molar-refractivity contribution >= 4 is 15.7 Å². The third-order valence-electron chi connectivity index (χ3n) is 9.31. The molecule has 0 aromatic heterocycles. The summed E-state index contributed by atoms with van der Waals surface area (Å²) in [5, 5.41) is 10.5. The maximum absolute atomic E-state index is 14.2. The van der Waals surface area contributed by atoms with E-state index in [9.17, 15) is 13.5 Å². The molecule has 3 aromatic carbocycles. The van der Waals surface area contributed by atoms with Crippen LogP contribution in [0.4, 0.5) is 5.69 Å². The largest absolute Gasteiger partial charge is 0.490 e. The van der Waals surface area contributed by atoms with Crippen molar-refractivity contribution in [2.24, 2.45) is 0 Å². The molecule has 2 aliphatic rings. The number of nitrogens with zero attached hydrogens (tertiary/aromatic N) is 2. The zero-order valence-corrected chi connectivity index (χ0v) is 30.1. The normalized spacial score (nSPS) is 20.5. The predicted octanol–water partition coefficient (Wildman–Crippen LogP) is 5.30. The average Bonchev–Trinajstić information content (AvgIpc) is 3.10. The summed E-state index contributed by atoms with van der Waals surface area (Å²) in [5.74, 6) is 0.758. The minimum atomic E-state index is -3.87. The highest BCUT2D eigenvalue weighted by atomic mass is 32.2. The first-order valence-corrected chi connectivity index (χ1v) is 18.7. The molecular weight excluding hydrogens is 644 g/mol. The molecule has 0 radical (unpaired) electrons. The molecule has 11 heteroatoms. The van der Waals surface area contributed by atoms with Crippen LogP contribution in [0.1, 0.15) is 54.4 Å². The number of aliphatic hydroxyl groups excluding tert-OH is 1. The van der Waals surface area contributed by atoms with E-state index in [2.05, 4.69) is 35.2 Å². The van der Waals surface area contributed by atoms with E-state index < -0.39 is 28.3 Å². The lowest BCUT2D eigenvalue weighted by Crippen LogP contribution is -2.53. The average molecular weight is 697 g/mol. The van der Waals surface area contributed by atoms with E-state index in [-0.39, 0.29) is 17.4 Å². The zero-order valence-electron chi connectivity index (χ0n) is 29.3. The molecule has 49 heavy (non-hydrogen) atoms. The first-order chi connectivity index (χ1) is 23.7. The van der Waals surface area contributed by atoms with Gasteiger partial charge in [-0.1, -0.05) is 48.0 Å². The SMILES string of the molecule is COCCCN1CCOc2ccc(CO[C@H]3CN(S(=O)(=O)c4ccc(C)cc4)C(C[C@H](C)O)C[C@@H]3c3ccc(COCCOC)cc3)cc21. The Labute approximate surface area is 291 Å². The topological polar surface area (TPSA) is 107 Å². The lowest BCUT2D eigenvalue weighted by atomic mass is 9.82. The van der Waals surface area contributed by atoms with E-state index in [0.717, 1.165) is 53.2 Å². The van der Waals surface area contributed by atoms with Crippen molar-refractivity contribution in [3.8, 4) is 5.75 Å². The Morgan fingerprint density at radius 1 is 0.939 bits per heavy atom. The summed E-state index contributed by atoms with van der Waals surface area (Å²) in [7, 11) is -0.498. The van der Waals surface area contributed by atoms with Crippen LogP contribution in [0.2, 0.25) is 0 Å². The quantitative estimate of drug-likeness (QED) is 0.188. The molecule has 1 unspecified atom stereocenters. The molecule has 0 spiro atoms. The number of aliphatic hydroxyl groups is 1. The molecule has 10 nitrogen and oxygen atoms in total. The number of aryl methyl sites for hydroxylation is 1. The van der Waals surface area contributed by atoms with E-state index in [1.807, 2.05) is 31.2 Å². The van der Waals surface area contributed by atoms with Crippen molar-refractivity contribution in [3.63, 3.8) is 0 Å². The van der Waals surface area contributed by atoms with Crippen molar-refractivity contribution in [3.05, 3.63) is 89.0 Å². The van der Waals surface area contributed by atoms with Gasteiger partial charge in [0.2, 0.25) is 10.0 Å². The van der Waals surface area contributed by atoms with Crippen LogP contribution in [0.25, 0.3) is 0 Å². The zero-order chi connectivity index (χ0) is 34.8. The Bertz CT molecular complexity index is 1570. The molecule has 0 aliphatic carbocycles. The highest BCUT2D eigenvalue weighted by molar-refractivity contribution is 7.89. The summed E-state index contributed by atoms with van der Waals surface area (Å²) >= 11 is 0. The van der Waals surface area contributed by atoms with E-state index in [1.165, 1.54) is 0 Å². The maximum atomic E-state index is 14.2. The smallest absolute Gasteiger partial charge is 0.243 e. The maximum Gasteiger partial charge on any atom is 0.243 e. The number of fused-ring (bicyclic) bond motifs is 1. The second-order valence-electron chi connectivity index (χ2n) is 13.1. The van der Waals surface area contributed by atoms with Gasteiger partial charge in [0.15, 0.2) is 0 Å². The van der Waals surface area contributed by atoms with Gasteiger partial charge < -0.3 is 33.7 Å². The second-order valence-corrected chi connectivity index (χ2v) is 15.0. The number of hydrogen-bond acceptors (Lipinski definition) is 9.